The van der Waals surface area contributed by atoms with Gasteiger partial charge in [-0.1, -0.05) is 13.3 Å². The second-order valence-electron chi connectivity index (χ2n) is 6.35. The number of piperidine rings is 1. The third kappa shape index (κ3) is 4.86. The lowest BCUT2D eigenvalue weighted by atomic mass is 9.93. The van der Waals surface area contributed by atoms with E-state index in [0.717, 1.165) is 25.7 Å². The quantitative estimate of drug-likeness (QED) is 0.796. The molecule has 0 aromatic heterocycles. The van der Waals surface area contributed by atoms with Gasteiger partial charge in [0.15, 0.2) is 0 Å². The van der Waals surface area contributed by atoms with E-state index >= 15 is 0 Å². The summed E-state index contributed by atoms with van der Waals surface area (Å²) >= 11 is 1.63. The van der Waals surface area contributed by atoms with Gasteiger partial charge in [-0.25, -0.2) is 0 Å². The summed E-state index contributed by atoms with van der Waals surface area (Å²) in [6.45, 7) is 3.26. The van der Waals surface area contributed by atoms with E-state index in [-0.39, 0.29) is 30.2 Å². The Hall–Kier alpha value is -1.24. The normalized spacial score (nSPS) is 22.4. The number of carboxylic acids is 1. The number of aliphatic carboxylic acids is 1. The van der Waals surface area contributed by atoms with Gasteiger partial charge in [-0.2, -0.15) is 0 Å². The molecule has 0 aromatic carbocycles. The van der Waals surface area contributed by atoms with Gasteiger partial charge in [0, 0.05) is 31.7 Å². The van der Waals surface area contributed by atoms with Crippen LogP contribution in [0.1, 0.15) is 45.4 Å². The highest BCUT2D eigenvalue weighted by molar-refractivity contribution is 7.99. The summed E-state index contributed by atoms with van der Waals surface area (Å²) in [5.41, 5.74) is 0. The third-order valence-electron chi connectivity index (χ3n) is 4.62. The molecule has 2 amide bonds. The number of unbranched alkanes of at least 4 members (excludes halogenated alkanes) is 1. The Morgan fingerprint density at radius 1 is 1.22 bits per heavy atom. The summed E-state index contributed by atoms with van der Waals surface area (Å²) in [5, 5.41) is 8.85. The Labute approximate surface area is 141 Å². The Morgan fingerprint density at radius 2 is 1.91 bits per heavy atom. The Bertz CT molecular complexity index is 449. The number of rotatable bonds is 6. The Balaban J connectivity index is 1.87. The molecule has 2 heterocycles. The molecule has 23 heavy (non-hydrogen) atoms. The predicted octanol–water partition coefficient (Wildman–Crippen LogP) is 1.79. The van der Waals surface area contributed by atoms with Gasteiger partial charge >= 0.3 is 5.97 Å². The molecule has 1 unspecified atom stereocenters. The first kappa shape index (κ1) is 18.1. The fourth-order valence-corrected chi connectivity index (χ4v) is 4.35. The summed E-state index contributed by atoms with van der Waals surface area (Å²) in [5.74, 6) is 0.788. The van der Waals surface area contributed by atoms with Crippen LogP contribution >= 0.6 is 11.8 Å². The van der Waals surface area contributed by atoms with Gasteiger partial charge in [0.1, 0.15) is 6.04 Å². The summed E-state index contributed by atoms with van der Waals surface area (Å²) in [6.07, 6.45) is 4.01. The van der Waals surface area contributed by atoms with Crippen LogP contribution < -0.4 is 0 Å². The fourth-order valence-electron chi connectivity index (χ4n) is 3.18. The Kier molecular flexibility index (Phi) is 6.74. The fraction of sp³-hybridized carbons (Fsp3) is 0.812. The molecule has 2 saturated heterocycles. The number of hydrogen-bond donors (Lipinski definition) is 1. The highest BCUT2D eigenvalue weighted by atomic mass is 32.2. The minimum Gasteiger partial charge on any atom is -0.481 e. The molecule has 130 valence electrons. The minimum absolute atomic E-state index is 0.0358. The van der Waals surface area contributed by atoms with Crippen LogP contribution in [0, 0.1) is 5.92 Å². The van der Waals surface area contributed by atoms with Crippen molar-refractivity contribution in [3.05, 3.63) is 0 Å². The maximum Gasteiger partial charge on any atom is 0.303 e. The molecule has 0 aromatic rings. The minimum atomic E-state index is -0.769. The summed E-state index contributed by atoms with van der Waals surface area (Å²) in [7, 11) is 0. The topological polar surface area (TPSA) is 77.9 Å². The van der Waals surface area contributed by atoms with Crippen LogP contribution in [-0.2, 0) is 14.4 Å². The SMILES string of the molecule is CCCCC(=O)N1CSCC1C(=O)N1CCC(CC(=O)O)CC1. The predicted molar refractivity (Wildman–Crippen MR) is 89.0 cm³/mol. The van der Waals surface area contributed by atoms with Crippen molar-refractivity contribution in [2.45, 2.75) is 51.5 Å². The number of likely N-dealkylation sites (tertiary alicyclic amines) is 1. The zero-order valence-electron chi connectivity index (χ0n) is 13.7. The van der Waals surface area contributed by atoms with E-state index in [2.05, 4.69) is 6.92 Å². The largest absolute Gasteiger partial charge is 0.481 e. The zero-order chi connectivity index (χ0) is 16.8. The van der Waals surface area contributed by atoms with Crippen molar-refractivity contribution < 1.29 is 19.5 Å². The van der Waals surface area contributed by atoms with Crippen LogP contribution in [0.4, 0.5) is 0 Å². The van der Waals surface area contributed by atoms with Crippen molar-refractivity contribution in [3.8, 4) is 0 Å². The first-order chi connectivity index (χ1) is 11.0. The number of nitrogens with zero attached hydrogens (tertiary/aromatic N) is 2. The first-order valence-electron chi connectivity index (χ1n) is 8.40. The molecule has 6 nitrogen and oxygen atoms in total. The molecule has 0 aliphatic carbocycles. The second kappa shape index (κ2) is 8.57. The molecule has 2 fully saturated rings. The van der Waals surface area contributed by atoms with E-state index in [1.54, 1.807) is 16.7 Å². The van der Waals surface area contributed by atoms with Crippen molar-refractivity contribution in [3.63, 3.8) is 0 Å². The molecular formula is C16H26N2O4S. The average Bonchev–Trinajstić information content (AvgIpc) is 3.01. The number of carbonyl (C=O) groups excluding carboxylic acids is 2. The molecule has 2 aliphatic rings. The van der Waals surface area contributed by atoms with Gasteiger partial charge in [-0.15, -0.1) is 11.8 Å². The average molecular weight is 342 g/mol. The van der Waals surface area contributed by atoms with Gasteiger partial charge in [-0.3, -0.25) is 14.4 Å². The smallest absolute Gasteiger partial charge is 0.303 e. The number of hydrogen-bond acceptors (Lipinski definition) is 4. The standard InChI is InChI=1S/C16H26N2O4S/c1-2-3-4-14(19)18-11-23-10-13(18)16(22)17-7-5-12(6-8-17)9-15(20)21/h12-13H,2-11H2,1H3,(H,20,21). The lowest BCUT2D eigenvalue weighted by Crippen LogP contribution is -2.51. The van der Waals surface area contributed by atoms with Crippen LogP contribution in [0.2, 0.25) is 0 Å². The molecule has 1 atom stereocenters. The van der Waals surface area contributed by atoms with E-state index in [4.69, 9.17) is 5.11 Å². The van der Waals surface area contributed by atoms with Crippen LogP contribution in [0.5, 0.6) is 0 Å². The monoisotopic (exact) mass is 342 g/mol. The van der Waals surface area contributed by atoms with E-state index in [1.807, 2.05) is 4.90 Å². The van der Waals surface area contributed by atoms with Crippen molar-refractivity contribution in [2.75, 3.05) is 24.7 Å². The van der Waals surface area contributed by atoms with Crippen molar-refractivity contribution in [1.82, 2.24) is 9.80 Å². The second-order valence-corrected chi connectivity index (χ2v) is 7.35. The highest BCUT2D eigenvalue weighted by Gasteiger charge is 2.37. The van der Waals surface area contributed by atoms with Crippen LogP contribution in [0.3, 0.4) is 0 Å². The van der Waals surface area contributed by atoms with Crippen LogP contribution in [0.15, 0.2) is 0 Å². The maximum atomic E-state index is 12.7. The molecule has 2 rings (SSSR count). The van der Waals surface area contributed by atoms with Gasteiger partial charge in [0.2, 0.25) is 11.8 Å². The molecular weight excluding hydrogens is 316 g/mol. The van der Waals surface area contributed by atoms with E-state index < -0.39 is 5.97 Å². The number of carboxylic acid groups (broad SMARTS) is 1. The van der Waals surface area contributed by atoms with E-state index in [9.17, 15) is 14.4 Å². The molecule has 2 aliphatic heterocycles. The van der Waals surface area contributed by atoms with Crippen molar-refractivity contribution in [1.29, 1.82) is 0 Å². The lowest BCUT2D eigenvalue weighted by Gasteiger charge is -2.35. The first-order valence-corrected chi connectivity index (χ1v) is 9.56. The van der Waals surface area contributed by atoms with Crippen LogP contribution in [-0.4, -0.2) is 63.5 Å². The van der Waals surface area contributed by atoms with E-state index in [1.165, 1.54) is 0 Å². The van der Waals surface area contributed by atoms with Gasteiger partial charge in [0.25, 0.3) is 0 Å². The molecule has 0 radical (unpaired) electrons. The maximum absolute atomic E-state index is 12.7. The number of amides is 2. The highest BCUT2D eigenvalue weighted by Crippen LogP contribution is 2.26. The lowest BCUT2D eigenvalue weighted by molar-refractivity contribution is -0.144. The molecule has 0 bridgehead atoms. The number of carbonyl (C=O) groups is 3. The molecule has 0 saturated carbocycles. The van der Waals surface area contributed by atoms with Crippen molar-refractivity contribution >= 4 is 29.5 Å². The van der Waals surface area contributed by atoms with Gasteiger partial charge < -0.3 is 14.9 Å². The van der Waals surface area contributed by atoms with Crippen LogP contribution in [0.25, 0.3) is 0 Å². The zero-order valence-corrected chi connectivity index (χ0v) is 14.5. The summed E-state index contributed by atoms with van der Waals surface area (Å²) < 4.78 is 0. The molecule has 0 spiro atoms. The van der Waals surface area contributed by atoms with Gasteiger partial charge in [-0.05, 0) is 25.2 Å². The summed E-state index contributed by atoms with van der Waals surface area (Å²) in [4.78, 5) is 39.3. The van der Waals surface area contributed by atoms with Gasteiger partial charge in [0.05, 0.1) is 5.88 Å². The third-order valence-corrected chi connectivity index (χ3v) is 5.63. The summed E-state index contributed by atoms with van der Waals surface area (Å²) in [6, 6.07) is -0.333. The van der Waals surface area contributed by atoms with E-state index in [0.29, 0.717) is 31.1 Å². The number of thioether (sulfide) groups is 1. The van der Waals surface area contributed by atoms with Crippen molar-refractivity contribution in [2.24, 2.45) is 5.92 Å². The Morgan fingerprint density at radius 3 is 2.52 bits per heavy atom. The molecule has 7 heteroatoms. The molecule has 1 N–H and O–H groups in total.